The van der Waals surface area contributed by atoms with Gasteiger partial charge in [0, 0.05) is 30.4 Å². The van der Waals surface area contributed by atoms with Crippen molar-refractivity contribution in [1.29, 1.82) is 0 Å². The van der Waals surface area contributed by atoms with Crippen LogP contribution in [0.4, 0.5) is 5.69 Å². The van der Waals surface area contributed by atoms with Crippen molar-refractivity contribution in [1.82, 2.24) is 4.31 Å². The lowest BCUT2D eigenvalue weighted by molar-refractivity contribution is 0.102. The quantitative estimate of drug-likeness (QED) is 0.558. The number of hydrogen-bond donors (Lipinski definition) is 1. The van der Waals surface area contributed by atoms with E-state index in [0.29, 0.717) is 40.7 Å². The lowest BCUT2D eigenvalue weighted by Gasteiger charge is -2.15. The van der Waals surface area contributed by atoms with Gasteiger partial charge in [-0.1, -0.05) is 24.3 Å². The highest BCUT2D eigenvalue weighted by Gasteiger charge is 2.26. The van der Waals surface area contributed by atoms with Gasteiger partial charge in [0.25, 0.3) is 5.91 Å². The molecule has 0 radical (unpaired) electrons. The van der Waals surface area contributed by atoms with Gasteiger partial charge < -0.3 is 14.8 Å². The Labute approximate surface area is 194 Å². The molecular formula is C25H26N2O5S. The fourth-order valence-electron chi connectivity index (χ4n) is 3.83. The number of carbonyl (C=O) groups excluding carboxylic acids is 1. The lowest BCUT2D eigenvalue weighted by Crippen LogP contribution is -2.27. The molecule has 1 amide bonds. The molecule has 3 aromatic rings. The Morgan fingerprint density at radius 3 is 1.97 bits per heavy atom. The van der Waals surface area contributed by atoms with Crippen LogP contribution >= 0.6 is 0 Å². The summed E-state index contributed by atoms with van der Waals surface area (Å²) in [7, 11) is -0.340. The zero-order chi connectivity index (χ0) is 23.4. The average molecular weight is 467 g/mol. The van der Waals surface area contributed by atoms with E-state index in [2.05, 4.69) is 5.32 Å². The van der Waals surface area contributed by atoms with Crippen molar-refractivity contribution in [2.45, 2.75) is 17.7 Å². The Hall–Kier alpha value is -3.36. The topological polar surface area (TPSA) is 84.9 Å². The number of amides is 1. The average Bonchev–Trinajstić information content (AvgIpc) is 3.40. The number of anilines is 1. The van der Waals surface area contributed by atoms with Gasteiger partial charge in [-0.3, -0.25) is 4.79 Å². The smallest absolute Gasteiger partial charge is 0.255 e. The van der Waals surface area contributed by atoms with Gasteiger partial charge in [0.05, 0.1) is 19.1 Å². The molecule has 1 heterocycles. The van der Waals surface area contributed by atoms with Crippen LogP contribution in [0.5, 0.6) is 11.5 Å². The van der Waals surface area contributed by atoms with Gasteiger partial charge in [-0.15, -0.1) is 0 Å². The SMILES string of the molecule is COc1ccc(NC(=O)c2ccc(-c3ccc(S(=O)(=O)N4CCCC4)cc3)cc2)cc1OC. The van der Waals surface area contributed by atoms with Crippen molar-refractivity contribution in [3.8, 4) is 22.6 Å². The van der Waals surface area contributed by atoms with Crippen LogP contribution < -0.4 is 14.8 Å². The van der Waals surface area contributed by atoms with Gasteiger partial charge in [-0.2, -0.15) is 4.31 Å². The highest BCUT2D eigenvalue weighted by molar-refractivity contribution is 7.89. The van der Waals surface area contributed by atoms with E-state index in [1.54, 1.807) is 61.7 Å². The second kappa shape index (κ2) is 9.64. The van der Waals surface area contributed by atoms with Gasteiger partial charge in [0.15, 0.2) is 11.5 Å². The Morgan fingerprint density at radius 2 is 1.39 bits per heavy atom. The van der Waals surface area contributed by atoms with E-state index < -0.39 is 10.0 Å². The van der Waals surface area contributed by atoms with E-state index in [-0.39, 0.29) is 5.91 Å². The maximum absolute atomic E-state index is 12.7. The number of benzene rings is 3. The van der Waals surface area contributed by atoms with Gasteiger partial charge in [-0.25, -0.2) is 8.42 Å². The van der Waals surface area contributed by atoms with Crippen LogP contribution in [0.3, 0.4) is 0 Å². The number of nitrogens with zero attached hydrogens (tertiary/aromatic N) is 1. The number of methoxy groups -OCH3 is 2. The highest BCUT2D eigenvalue weighted by atomic mass is 32.2. The van der Waals surface area contributed by atoms with Crippen molar-refractivity contribution in [3.05, 3.63) is 72.3 Å². The summed E-state index contributed by atoms with van der Waals surface area (Å²) >= 11 is 0. The third-order valence-corrected chi connectivity index (χ3v) is 7.59. The van der Waals surface area contributed by atoms with Crippen molar-refractivity contribution in [2.75, 3.05) is 32.6 Å². The molecule has 7 nitrogen and oxygen atoms in total. The van der Waals surface area contributed by atoms with E-state index in [1.807, 2.05) is 12.1 Å². The van der Waals surface area contributed by atoms with E-state index in [9.17, 15) is 13.2 Å². The molecule has 1 saturated heterocycles. The molecule has 0 atom stereocenters. The maximum atomic E-state index is 12.7. The van der Waals surface area contributed by atoms with Gasteiger partial charge >= 0.3 is 0 Å². The molecule has 8 heteroatoms. The van der Waals surface area contributed by atoms with E-state index in [0.717, 1.165) is 24.0 Å². The summed E-state index contributed by atoms with van der Waals surface area (Å²) in [6.07, 6.45) is 1.81. The van der Waals surface area contributed by atoms with E-state index in [1.165, 1.54) is 11.4 Å². The molecule has 1 aliphatic heterocycles. The summed E-state index contributed by atoms with van der Waals surface area (Å²) in [5.74, 6) is 0.862. The van der Waals surface area contributed by atoms with Gasteiger partial charge in [0.2, 0.25) is 10.0 Å². The number of hydrogen-bond acceptors (Lipinski definition) is 5. The van der Waals surface area contributed by atoms with Crippen LogP contribution in [0.2, 0.25) is 0 Å². The summed E-state index contributed by atoms with van der Waals surface area (Å²) in [6.45, 7) is 1.16. The fourth-order valence-corrected chi connectivity index (χ4v) is 5.35. The Morgan fingerprint density at radius 1 is 0.818 bits per heavy atom. The van der Waals surface area contributed by atoms with E-state index in [4.69, 9.17) is 9.47 Å². The summed E-state index contributed by atoms with van der Waals surface area (Å²) < 4.78 is 37.4. The number of nitrogens with one attached hydrogen (secondary N) is 1. The number of rotatable bonds is 7. The molecule has 0 aliphatic carbocycles. The highest BCUT2D eigenvalue weighted by Crippen LogP contribution is 2.30. The normalized spacial score (nSPS) is 14.1. The van der Waals surface area contributed by atoms with Crippen molar-refractivity contribution in [3.63, 3.8) is 0 Å². The van der Waals surface area contributed by atoms with Crippen molar-refractivity contribution in [2.24, 2.45) is 0 Å². The molecule has 33 heavy (non-hydrogen) atoms. The summed E-state index contributed by atoms with van der Waals surface area (Å²) in [4.78, 5) is 12.9. The molecule has 1 aliphatic rings. The summed E-state index contributed by atoms with van der Waals surface area (Å²) in [6, 6.07) is 19.2. The summed E-state index contributed by atoms with van der Waals surface area (Å²) in [5.41, 5.74) is 2.86. The van der Waals surface area contributed by atoms with Crippen LogP contribution in [-0.4, -0.2) is 45.9 Å². The molecule has 1 fully saturated rings. The number of ether oxygens (including phenoxy) is 2. The fraction of sp³-hybridized carbons (Fsp3) is 0.240. The number of sulfonamides is 1. The Bertz CT molecular complexity index is 1230. The lowest BCUT2D eigenvalue weighted by atomic mass is 10.0. The minimum Gasteiger partial charge on any atom is -0.493 e. The first-order valence-electron chi connectivity index (χ1n) is 10.7. The molecular weight excluding hydrogens is 440 g/mol. The molecule has 3 aromatic carbocycles. The largest absolute Gasteiger partial charge is 0.493 e. The van der Waals surface area contributed by atoms with E-state index >= 15 is 0 Å². The predicted molar refractivity (Wildman–Crippen MR) is 127 cm³/mol. The predicted octanol–water partition coefficient (Wildman–Crippen LogP) is 4.41. The minimum absolute atomic E-state index is 0.249. The molecule has 172 valence electrons. The molecule has 0 spiro atoms. The zero-order valence-corrected chi connectivity index (χ0v) is 19.4. The first-order chi connectivity index (χ1) is 15.9. The van der Waals surface area contributed by atoms with Crippen LogP contribution in [0.1, 0.15) is 23.2 Å². The van der Waals surface area contributed by atoms with Crippen LogP contribution in [-0.2, 0) is 10.0 Å². The minimum atomic E-state index is -3.43. The second-order valence-electron chi connectivity index (χ2n) is 7.74. The first kappa shape index (κ1) is 22.8. The molecule has 0 unspecified atom stereocenters. The molecule has 4 rings (SSSR count). The zero-order valence-electron chi connectivity index (χ0n) is 18.6. The third kappa shape index (κ3) is 4.86. The Kier molecular flexibility index (Phi) is 6.67. The summed E-state index contributed by atoms with van der Waals surface area (Å²) in [5, 5.41) is 2.85. The first-order valence-corrected chi connectivity index (χ1v) is 12.1. The molecule has 0 aromatic heterocycles. The third-order valence-electron chi connectivity index (χ3n) is 5.68. The van der Waals surface area contributed by atoms with Crippen LogP contribution in [0.15, 0.2) is 71.6 Å². The molecule has 0 saturated carbocycles. The number of carbonyl (C=O) groups is 1. The van der Waals surface area contributed by atoms with Gasteiger partial charge in [-0.05, 0) is 60.4 Å². The standard InChI is InChI=1S/C25H26N2O5S/c1-31-23-14-11-21(17-24(23)32-2)26-25(28)20-7-5-18(6-8-20)19-9-12-22(13-10-19)33(29,30)27-15-3-4-16-27/h5-14,17H,3-4,15-16H2,1-2H3,(H,26,28). The monoisotopic (exact) mass is 466 g/mol. The van der Waals surface area contributed by atoms with Crippen LogP contribution in [0.25, 0.3) is 11.1 Å². The Balaban J connectivity index is 1.46. The molecule has 1 N–H and O–H groups in total. The van der Waals surface area contributed by atoms with Crippen molar-refractivity contribution >= 4 is 21.6 Å². The maximum Gasteiger partial charge on any atom is 0.255 e. The molecule has 0 bridgehead atoms. The van der Waals surface area contributed by atoms with Crippen molar-refractivity contribution < 1.29 is 22.7 Å². The van der Waals surface area contributed by atoms with Gasteiger partial charge in [0.1, 0.15) is 0 Å². The second-order valence-corrected chi connectivity index (χ2v) is 9.67. The van der Waals surface area contributed by atoms with Crippen LogP contribution in [0, 0.1) is 0 Å².